The fourth-order valence-electron chi connectivity index (χ4n) is 3.11. The van der Waals surface area contributed by atoms with Crippen molar-refractivity contribution < 1.29 is 4.74 Å². The highest BCUT2D eigenvalue weighted by atomic mass is 16.5. The van der Waals surface area contributed by atoms with Crippen molar-refractivity contribution in [2.24, 2.45) is 11.7 Å². The van der Waals surface area contributed by atoms with Gasteiger partial charge in [-0.25, -0.2) is 4.52 Å². The van der Waals surface area contributed by atoms with Crippen LogP contribution in [0.15, 0.2) is 18.5 Å². The van der Waals surface area contributed by atoms with Crippen LogP contribution in [0.1, 0.15) is 25.8 Å². The number of hydrogen-bond donors (Lipinski definition) is 4. The van der Waals surface area contributed by atoms with Gasteiger partial charge in [0.2, 0.25) is 5.95 Å². The summed E-state index contributed by atoms with van der Waals surface area (Å²) in [5.74, 6) is 1.68. The molecule has 0 aliphatic carbocycles. The van der Waals surface area contributed by atoms with E-state index in [0.29, 0.717) is 41.5 Å². The monoisotopic (exact) mass is 343 g/mol. The van der Waals surface area contributed by atoms with Gasteiger partial charge < -0.3 is 26.5 Å². The number of anilines is 1. The largest absolute Gasteiger partial charge is 0.489 e. The Morgan fingerprint density at radius 1 is 1.60 bits per heavy atom. The quantitative estimate of drug-likeness (QED) is 0.591. The van der Waals surface area contributed by atoms with E-state index in [1.807, 2.05) is 19.2 Å². The number of nitrogens with one attached hydrogen (secondary N) is 3. The summed E-state index contributed by atoms with van der Waals surface area (Å²) in [5, 5.41) is 18.9. The molecule has 0 saturated carbocycles. The number of pyridine rings is 1. The predicted molar refractivity (Wildman–Crippen MR) is 99.2 cm³/mol. The Hall–Kier alpha value is -2.61. The lowest BCUT2D eigenvalue weighted by molar-refractivity contribution is 0.341. The summed E-state index contributed by atoms with van der Waals surface area (Å²) in [6, 6.07) is 2.18. The maximum Gasteiger partial charge on any atom is 0.243 e. The number of piperidine rings is 1. The van der Waals surface area contributed by atoms with Crippen LogP contribution in [0.5, 0.6) is 5.75 Å². The SMILES string of the molecule is CCOc1c(/C(C=N)=C/N)ccn2nc(N[C@H]3CCNC[C@H]3C)nc12. The molecule has 2 atom stereocenters. The summed E-state index contributed by atoms with van der Waals surface area (Å²) >= 11 is 0. The molecule has 0 spiro atoms. The molecule has 1 fully saturated rings. The van der Waals surface area contributed by atoms with Gasteiger partial charge in [-0.15, -0.1) is 5.10 Å². The maximum absolute atomic E-state index is 7.54. The Morgan fingerprint density at radius 3 is 3.12 bits per heavy atom. The lowest BCUT2D eigenvalue weighted by Gasteiger charge is -2.29. The molecule has 3 rings (SSSR count). The molecular weight excluding hydrogens is 318 g/mol. The molecule has 0 bridgehead atoms. The predicted octanol–water partition coefficient (Wildman–Crippen LogP) is 1.49. The molecule has 2 aromatic rings. The number of nitrogens with zero attached hydrogens (tertiary/aromatic N) is 3. The van der Waals surface area contributed by atoms with Gasteiger partial charge in [0.15, 0.2) is 11.4 Å². The van der Waals surface area contributed by atoms with E-state index in [9.17, 15) is 0 Å². The zero-order valence-corrected chi connectivity index (χ0v) is 14.6. The Morgan fingerprint density at radius 2 is 2.44 bits per heavy atom. The maximum atomic E-state index is 7.54. The van der Waals surface area contributed by atoms with Gasteiger partial charge in [-0.1, -0.05) is 6.92 Å². The van der Waals surface area contributed by atoms with Crippen LogP contribution in [0.3, 0.4) is 0 Å². The van der Waals surface area contributed by atoms with Gasteiger partial charge in [0.05, 0.1) is 6.61 Å². The van der Waals surface area contributed by atoms with E-state index in [4.69, 9.17) is 15.9 Å². The average Bonchev–Trinajstić information content (AvgIpc) is 3.03. The van der Waals surface area contributed by atoms with Crippen molar-refractivity contribution in [1.29, 1.82) is 5.41 Å². The third-order valence-corrected chi connectivity index (χ3v) is 4.50. The molecule has 0 aromatic carbocycles. The van der Waals surface area contributed by atoms with Crippen molar-refractivity contribution >= 4 is 23.4 Å². The first kappa shape index (κ1) is 17.2. The molecule has 0 amide bonds. The number of rotatable bonds is 6. The number of hydrogen-bond acceptors (Lipinski definition) is 7. The van der Waals surface area contributed by atoms with Gasteiger partial charge in [-0.05, 0) is 38.4 Å². The molecule has 3 heterocycles. The highest BCUT2D eigenvalue weighted by Crippen LogP contribution is 2.29. The van der Waals surface area contributed by atoms with Crippen LogP contribution < -0.4 is 21.1 Å². The molecule has 1 saturated heterocycles. The zero-order chi connectivity index (χ0) is 17.8. The topological polar surface area (TPSA) is 113 Å². The normalized spacial score (nSPS) is 21.3. The van der Waals surface area contributed by atoms with Crippen molar-refractivity contribution in [3.63, 3.8) is 0 Å². The highest BCUT2D eigenvalue weighted by molar-refractivity contribution is 6.09. The molecule has 0 radical (unpaired) electrons. The lowest BCUT2D eigenvalue weighted by Crippen LogP contribution is -2.42. The lowest BCUT2D eigenvalue weighted by atomic mass is 9.95. The van der Waals surface area contributed by atoms with Crippen LogP contribution in [0.2, 0.25) is 0 Å². The van der Waals surface area contributed by atoms with Gasteiger partial charge in [0.25, 0.3) is 0 Å². The minimum atomic E-state index is 0.342. The van der Waals surface area contributed by atoms with Crippen molar-refractivity contribution in [3.8, 4) is 5.75 Å². The number of ether oxygens (including phenoxy) is 1. The summed E-state index contributed by atoms with van der Waals surface area (Å²) in [4.78, 5) is 4.62. The summed E-state index contributed by atoms with van der Waals surface area (Å²) < 4.78 is 7.49. The first-order chi connectivity index (χ1) is 12.2. The van der Waals surface area contributed by atoms with E-state index >= 15 is 0 Å². The Bertz CT molecular complexity index is 783. The molecule has 8 nitrogen and oxygen atoms in total. The van der Waals surface area contributed by atoms with Crippen molar-refractivity contribution in [2.75, 3.05) is 25.0 Å². The molecule has 134 valence electrons. The van der Waals surface area contributed by atoms with Crippen molar-refractivity contribution in [1.82, 2.24) is 19.9 Å². The Balaban J connectivity index is 1.98. The molecule has 0 unspecified atom stereocenters. The van der Waals surface area contributed by atoms with E-state index in [0.717, 1.165) is 25.1 Å². The second kappa shape index (κ2) is 7.52. The Kier molecular flexibility index (Phi) is 5.18. The van der Waals surface area contributed by atoms with E-state index < -0.39 is 0 Å². The van der Waals surface area contributed by atoms with Gasteiger partial charge in [0, 0.05) is 35.8 Å². The second-order valence-electron chi connectivity index (χ2n) is 6.18. The number of allylic oxidation sites excluding steroid dienone is 1. The molecule has 8 heteroatoms. The van der Waals surface area contributed by atoms with Gasteiger partial charge >= 0.3 is 0 Å². The summed E-state index contributed by atoms with van der Waals surface area (Å²) in [6.45, 7) is 6.60. The minimum absolute atomic E-state index is 0.342. The smallest absolute Gasteiger partial charge is 0.243 e. The van der Waals surface area contributed by atoms with Crippen LogP contribution in [0, 0.1) is 11.3 Å². The minimum Gasteiger partial charge on any atom is -0.489 e. The number of fused-ring (bicyclic) bond motifs is 1. The molecule has 2 aromatic heterocycles. The summed E-state index contributed by atoms with van der Waals surface area (Å²) in [6.07, 6.45) is 5.45. The average molecular weight is 343 g/mol. The van der Waals surface area contributed by atoms with Crippen molar-refractivity contribution in [2.45, 2.75) is 26.3 Å². The first-order valence-corrected chi connectivity index (χ1v) is 8.60. The third kappa shape index (κ3) is 3.43. The Labute approximate surface area is 147 Å². The van der Waals surface area contributed by atoms with Crippen LogP contribution in [0.4, 0.5) is 5.95 Å². The molecule has 1 aliphatic rings. The van der Waals surface area contributed by atoms with Gasteiger partial charge in [-0.3, -0.25) is 0 Å². The summed E-state index contributed by atoms with van der Waals surface area (Å²) in [5.41, 5.74) is 7.57. The molecule has 5 N–H and O–H groups in total. The standard InChI is InChI=1S/C17H25N7O/c1-3-25-15-13(12(8-18)9-19)5-7-24-16(15)22-17(23-24)21-14-4-6-20-10-11(14)2/h5,7-9,11,14,18,20H,3-4,6,10,19H2,1-2H3,(H,21,23)/b12-9+,18-8?/t11-,14+/m1/s1. The first-order valence-electron chi connectivity index (χ1n) is 8.60. The molecule has 1 aliphatic heterocycles. The van der Waals surface area contributed by atoms with E-state index in [1.165, 1.54) is 12.4 Å². The highest BCUT2D eigenvalue weighted by Gasteiger charge is 2.23. The zero-order valence-electron chi connectivity index (χ0n) is 14.6. The third-order valence-electron chi connectivity index (χ3n) is 4.50. The van der Waals surface area contributed by atoms with Gasteiger partial charge in [0.1, 0.15) is 0 Å². The van der Waals surface area contributed by atoms with E-state index in [1.54, 1.807) is 4.52 Å². The van der Waals surface area contributed by atoms with Crippen LogP contribution >= 0.6 is 0 Å². The van der Waals surface area contributed by atoms with Crippen LogP contribution in [-0.2, 0) is 0 Å². The van der Waals surface area contributed by atoms with E-state index in [2.05, 4.69) is 27.6 Å². The number of aromatic nitrogens is 3. The van der Waals surface area contributed by atoms with Gasteiger partial charge in [-0.2, -0.15) is 4.98 Å². The number of nitrogens with two attached hydrogens (primary N) is 1. The summed E-state index contributed by atoms with van der Waals surface area (Å²) in [7, 11) is 0. The van der Waals surface area contributed by atoms with Crippen molar-refractivity contribution in [3.05, 3.63) is 24.0 Å². The van der Waals surface area contributed by atoms with E-state index in [-0.39, 0.29) is 0 Å². The van der Waals surface area contributed by atoms with Crippen LogP contribution in [-0.4, -0.2) is 46.6 Å². The fraction of sp³-hybridized carbons (Fsp3) is 0.471. The molecule has 25 heavy (non-hydrogen) atoms. The fourth-order valence-corrected chi connectivity index (χ4v) is 3.11. The second-order valence-corrected chi connectivity index (χ2v) is 6.18. The van der Waals surface area contributed by atoms with Crippen LogP contribution in [0.25, 0.3) is 11.2 Å². The molecular formula is C17H25N7O.